The average molecular weight is 430 g/mol. The van der Waals surface area contributed by atoms with Crippen molar-refractivity contribution >= 4 is 21.8 Å². The van der Waals surface area contributed by atoms with E-state index >= 15 is 0 Å². The molecule has 1 unspecified atom stereocenters. The van der Waals surface area contributed by atoms with Gasteiger partial charge in [-0.15, -0.1) is 0 Å². The average Bonchev–Trinajstić information content (AvgIpc) is 3.34. The van der Waals surface area contributed by atoms with Crippen LogP contribution in [0.25, 0.3) is 11.1 Å². The number of nitrogens with one attached hydrogen (secondary N) is 1. The molecule has 5 nitrogen and oxygen atoms in total. The molecule has 1 aromatic carbocycles. The first-order valence-electron chi connectivity index (χ1n) is 8.61. The van der Waals surface area contributed by atoms with E-state index in [0.29, 0.717) is 24.7 Å². The molecule has 1 aliphatic heterocycles. The van der Waals surface area contributed by atoms with Gasteiger partial charge in [-0.1, -0.05) is 12.1 Å². The van der Waals surface area contributed by atoms with Gasteiger partial charge < -0.3 is 14.6 Å². The molecule has 0 aliphatic carbocycles. The molecule has 138 valence electrons. The van der Waals surface area contributed by atoms with E-state index in [-0.39, 0.29) is 17.8 Å². The molecule has 0 spiro atoms. The lowest BCUT2D eigenvalue weighted by Gasteiger charge is -2.16. The summed E-state index contributed by atoms with van der Waals surface area (Å²) < 4.78 is 19.8. The number of carbonyl (C=O) groups excluding carboxylic acids is 1. The van der Waals surface area contributed by atoms with E-state index in [1.807, 2.05) is 12.1 Å². The topological polar surface area (TPSA) is 58.2 Å². The molecule has 1 aliphatic rings. The van der Waals surface area contributed by atoms with Crippen LogP contribution < -0.4 is 4.74 Å². The zero-order valence-corrected chi connectivity index (χ0v) is 15.9. The lowest BCUT2D eigenvalue weighted by atomic mass is 10.1. The van der Waals surface area contributed by atoms with Crippen molar-refractivity contribution in [1.82, 2.24) is 14.9 Å². The van der Waals surface area contributed by atoms with Gasteiger partial charge in [0, 0.05) is 25.4 Å². The number of ether oxygens (including phenoxy) is 1. The number of carbonyl (C=O) groups is 1. The number of pyridine rings is 1. The maximum Gasteiger partial charge on any atom is 0.270 e. The standard InChI is InChI=1S/C20H17BrFN3O2/c21-17-2-1-8-23-19(17)27-16-7-9-25(12-16)20(26)18-10-14(11-24-18)13-3-5-15(22)6-4-13/h1-6,8,10-11,16,24H,7,9,12H2. The number of hydrogen-bond acceptors (Lipinski definition) is 3. The fourth-order valence-electron chi connectivity index (χ4n) is 3.12. The molecule has 0 radical (unpaired) electrons. The number of benzene rings is 1. The molecule has 7 heteroatoms. The smallest absolute Gasteiger partial charge is 0.270 e. The van der Waals surface area contributed by atoms with Crippen molar-refractivity contribution in [2.24, 2.45) is 0 Å². The predicted molar refractivity (Wildman–Crippen MR) is 103 cm³/mol. The molecule has 1 saturated heterocycles. The van der Waals surface area contributed by atoms with Crippen LogP contribution in [-0.2, 0) is 0 Å². The van der Waals surface area contributed by atoms with Crippen LogP contribution in [0.4, 0.5) is 4.39 Å². The number of aromatic amines is 1. The highest BCUT2D eigenvalue weighted by molar-refractivity contribution is 9.10. The molecule has 1 fully saturated rings. The molecule has 1 N–H and O–H groups in total. The van der Waals surface area contributed by atoms with Gasteiger partial charge in [-0.2, -0.15) is 0 Å². The lowest BCUT2D eigenvalue weighted by Crippen LogP contribution is -2.31. The van der Waals surface area contributed by atoms with Crippen LogP contribution in [0, 0.1) is 5.82 Å². The third kappa shape index (κ3) is 3.88. The Balaban J connectivity index is 1.42. The van der Waals surface area contributed by atoms with E-state index < -0.39 is 0 Å². The summed E-state index contributed by atoms with van der Waals surface area (Å²) in [6.07, 6.45) is 4.09. The van der Waals surface area contributed by atoms with Crippen LogP contribution >= 0.6 is 15.9 Å². The van der Waals surface area contributed by atoms with Gasteiger partial charge in [0.1, 0.15) is 17.6 Å². The molecule has 2 aromatic heterocycles. The molecule has 3 heterocycles. The Hall–Kier alpha value is -2.67. The minimum Gasteiger partial charge on any atom is -0.472 e. The summed E-state index contributed by atoms with van der Waals surface area (Å²) in [4.78, 5) is 21.8. The molecule has 27 heavy (non-hydrogen) atoms. The van der Waals surface area contributed by atoms with Crippen molar-refractivity contribution in [3.8, 4) is 17.0 Å². The second-order valence-electron chi connectivity index (χ2n) is 6.38. The molecule has 0 saturated carbocycles. The van der Waals surface area contributed by atoms with E-state index in [1.54, 1.807) is 35.5 Å². The van der Waals surface area contributed by atoms with E-state index in [0.717, 1.165) is 22.0 Å². The lowest BCUT2D eigenvalue weighted by molar-refractivity contribution is 0.0766. The van der Waals surface area contributed by atoms with E-state index in [1.165, 1.54) is 12.1 Å². The molecule has 1 atom stereocenters. The largest absolute Gasteiger partial charge is 0.472 e. The maximum absolute atomic E-state index is 13.1. The first-order valence-corrected chi connectivity index (χ1v) is 9.40. The summed E-state index contributed by atoms with van der Waals surface area (Å²) in [5, 5.41) is 0. The molecular weight excluding hydrogens is 413 g/mol. The number of rotatable bonds is 4. The Bertz CT molecular complexity index is 958. The minimum absolute atomic E-state index is 0.0745. The van der Waals surface area contributed by atoms with Crippen LogP contribution in [0.1, 0.15) is 16.9 Å². The van der Waals surface area contributed by atoms with Gasteiger partial charge >= 0.3 is 0 Å². The summed E-state index contributed by atoms with van der Waals surface area (Å²) in [7, 11) is 0. The molecule has 3 aromatic rings. The van der Waals surface area contributed by atoms with Crippen molar-refractivity contribution < 1.29 is 13.9 Å². The van der Waals surface area contributed by atoms with E-state index in [4.69, 9.17) is 4.74 Å². The van der Waals surface area contributed by atoms with Crippen molar-refractivity contribution in [1.29, 1.82) is 0 Å². The van der Waals surface area contributed by atoms with Gasteiger partial charge in [0.15, 0.2) is 0 Å². The highest BCUT2D eigenvalue weighted by atomic mass is 79.9. The Kier molecular flexibility index (Phi) is 4.94. The molecule has 1 amide bonds. The van der Waals surface area contributed by atoms with Crippen LogP contribution in [0.15, 0.2) is 59.3 Å². The number of H-pyrrole nitrogens is 1. The summed E-state index contributed by atoms with van der Waals surface area (Å²) >= 11 is 3.42. The fourth-order valence-corrected chi connectivity index (χ4v) is 3.47. The van der Waals surface area contributed by atoms with Crippen LogP contribution in [0.5, 0.6) is 5.88 Å². The van der Waals surface area contributed by atoms with Gasteiger partial charge in [-0.25, -0.2) is 9.37 Å². The second-order valence-corrected chi connectivity index (χ2v) is 7.23. The van der Waals surface area contributed by atoms with Crippen LogP contribution in [0.3, 0.4) is 0 Å². The third-order valence-electron chi connectivity index (χ3n) is 4.53. The molecule has 4 rings (SSSR count). The number of likely N-dealkylation sites (tertiary alicyclic amines) is 1. The summed E-state index contributed by atoms with van der Waals surface area (Å²) in [5.74, 6) is 0.179. The molecular formula is C20H17BrFN3O2. The third-order valence-corrected chi connectivity index (χ3v) is 5.13. The van der Waals surface area contributed by atoms with E-state index in [9.17, 15) is 9.18 Å². The van der Waals surface area contributed by atoms with Gasteiger partial charge in [-0.05, 0) is 57.4 Å². The number of hydrogen-bond donors (Lipinski definition) is 1. The van der Waals surface area contributed by atoms with Crippen molar-refractivity contribution in [2.45, 2.75) is 12.5 Å². The quantitative estimate of drug-likeness (QED) is 0.673. The molecule has 0 bridgehead atoms. The monoisotopic (exact) mass is 429 g/mol. The van der Waals surface area contributed by atoms with Gasteiger partial charge in [0.05, 0.1) is 11.0 Å². The highest BCUT2D eigenvalue weighted by Crippen LogP contribution is 2.26. The van der Waals surface area contributed by atoms with Crippen molar-refractivity contribution in [2.75, 3.05) is 13.1 Å². The number of amides is 1. The fraction of sp³-hybridized carbons (Fsp3) is 0.200. The summed E-state index contributed by atoms with van der Waals surface area (Å²) in [6, 6.07) is 11.7. The SMILES string of the molecule is O=C(c1cc(-c2ccc(F)cc2)c[nH]1)N1CCC(Oc2ncccc2Br)C1. The Morgan fingerprint density at radius 2 is 2.07 bits per heavy atom. The highest BCUT2D eigenvalue weighted by Gasteiger charge is 2.29. The first-order chi connectivity index (χ1) is 13.1. The van der Waals surface area contributed by atoms with Gasteiger partial charge in [-0.3, -0.25) is 4.79 Å². The van der Waals surface area contributed by atoms with Gasteiger partial charge in [0.2, 0.25) is 5.88 Å². The minimum atomic E-state index is -0.284. The Morgan fingerprint density at radius 1 is 1.26 bits per heavy atom. The summed E-state index contributed by atoms with van der Waals surface area (Å²) in [6.45, 7) is 1.13. The number of halogens is 2. The van der Waals surface area contributed by atoms with Gasteiger partial charge in [0.25, 0.3) is 5.91 Å². The zero-order chi connectivity index (χ0) is 18.8. The Morgan fingerprint density at radius 3 is 2.85 bits per heavy atom. The van der Waals surface area contributed by atoms with Crippen LogP contribution in [0.2, 0.25) is 0 Å². The van der Waals surface area contributed by atoms with Crippen molar-refractivity contribution in [3.63, 3.8) is 0 Å². The second kappa shape index (κ2) is 7.52. The number of nitrogens with zero attached hydrogens (tertiary/aromatic N) is 2. The van der Waals surface area contributed by atoms with Crippen molar-refractivity contribution in [3.05, 3.63) is 70.8 Å². The Labute approximate surface area is 164 Å². The first kappa shape index (κ1) is 17.7. The normalized spacial score (nSPS) is 16.5. The number of aromatic nitrogens is 2. The van der Waals surface area contributed by atoms with Crippen LogP contribution in [-0.4, -0.2) is 40.0 Å². The predicted octanol–water partition coefficient (Wildman–Crippen LogP) is 4.27. The maximum atomic E-state index is 13.1. The van der Waals surface area contributed by atoms with E-state index in [2.05, 4.69) is 25.9 Å². The zero-order valence-electron chi connectivity index (χ0n) is 14.4. The summed E-state index contributed by atoms with van der Waals surface area (Å²) in [5.41, 5.74) is 2.21.